The highest BCUT2D eigenvalue weighted by Gasteiger charge is 2.01. The average molecular weight is 232 g/mol. The van der Waals surface area contributed by atoms with Gasteiger partial charge in [0.05, 0.1) is 12.4 Å². The summed E-state index contributed by atoms with van der Waals surface area (Å²) in [5, 5.41) is 5.88. The van der Waals surface area contributed by atoms with E-state index in [1.165, 1.54) is 6.07 Å². The van der Waals surface area contributed by atoms with Crippen molar-refractivity contribution in [1.29, 1.82) is 0 Å². The second kappa shape index (κ2) is 4.78. The molecule has 2 aromatic rings. The average Bonchev–Trinajstić information content (AvgIpc) is 2.34. The van der Waals surface area contributed by atoms with Crippen molar-refractivity contribution in [2.45, 2.75) is 6.92 Å². The van der Waals surface area contributed by atoms with Gasteiger partial charge in [0.1, 0.15) is 11.6 Å². The second-order valence-corrected chi connectivity index (χ2v) is 3.63. The molecule has 2 rings (SSSR count). The van der Waals surface area contributed by atoms with E-state index in [-0.39, 0.29) is 5.82 Å². The molecule has 0 bridgehead atoms. The zero-order valence-electron chi connectivity index (χ0n) is 9.66. The van der Waals surface area contributed by atoms with Gasteiger partial charge in [-0.2, -0.15) is 0 Å². The molecule has 0 fully saturated rings. The summed E-state index contributed by atoms with van der Waals surface area (Å²) in [6, 6.07) is 4.95. The van der Waals surface area contributed by atoms with E-state index in [9.17, 15) is 4.39 Å². The second-order valence-electron chi connectivity index (χ2n) is 3.63. The summed E-state index contributed by atoms with van der Waals surface area (Å²) >= 11 is 0. The molecule has 1 aromatic heterocycles. The Bertz CT molecular complexity index is 528. The first-order chi connectivity index (χ1) is 8.19. The molecule has 0 aliphatic rings. The van der Waals surface area contributed by atoms with E-state index in [4.69, 9.17) is 0 Å². The van der Waals surface area contributed by atoms with Crippen LogP contribution in [0.4, 0.5) is 21.7 Å². The highest BCUT2D eigenvalue weighted by atomic mass is 19.1. The van der Waals surface area contributed by atoms with Crippen LogP contribution in [0, 0.1) is 12.7 Å². The fraction of sp³-hybridized carbons (Fsp3) is 0.167. The predicted molar refractivity (Wildman–Crippen MR) is 66.0 cm³/mol. The fourth-order valence-electron chi connectivity index (χ4n) is 1.37. The van der Waals surface area contributed by atoms with Gasteiger partial charge in [0.25, 0.3) is 0 Å². The van der Waals surface area contributed by atoms with Crippen molar-refractivity contribution in [1.82, 2.24) is 9.97 Å². The Hall–Kier alpha value is -2.17. The van der Waals surface area contributed by atoms with Gasteiger partial charge in [-0.25, -0.2) is 9.37 Å². The van der Waals surface area contributed by atoms with Crippen molar-refractivity contribution in [3.63, 3.8) is 0 Å². The zero-order chi connectivity index (χ0) is 12.3. The van der Waals surface area contributed by atoms with Gasteiger partial charge in [-0.3, -0.25) is 4.98 Å². The van der Waals surface area contributed by atoms with Crippen LogP contribution in [0.1, 0.15) is 5.56 Å². The Morgan fingerprint density at radius 1 is 1.18 bits per heavy atom. The Kier molecular flexibility index (Phi) is 3.18. The lowest BCUT2D eigenvalue weighted by Crippen LogP contribution is -1.99. The largest absolute Gasteiger partial charge is 0.372 e. The van der Waals surface area contributed by atoms with E-state index in [1.807, 2.05) is 0 Å². The molecule has 0 radical (unpaired) electrons. The molecule has 4 nitrogen and oxygen atoms in total. The van der Waals surface area contributed by atoms with Gasteiger partial charge < -0.3 is 10.6 Å². The van der Waals surface area contributed by atoms with E-state index in [1.54, 1.807) is 38.5 Å². The van der Waals surface area contributed by atoms with Crippen LogP contribution in [0.25, 0.3) is 0 Å². The third-order valence-electron chi connectivity index (χ3n) is 2.33. The minimum atomic E-state index is -0.243. The number of aryl methyl sites for hydroxylation is 1. The van der Waals surface area contributed by atoms with Gasteiger partial charge in [-0.1, -0.05) is 6.07 Å². The summed E-state index contributed by atoms with van der Waals surface area (Å²) in [5.74, 6) is 0.982. The lowest BCUT2D eigenvalue weighted by molar-refractivity contribution is 0.619. The molecular weight excluding hydrogens is 219 g/mol. The van der Waals surface area contributed by atoms with Crippen molar-refractivity contribution in [3.05, 3.63) is 42.0 Å². The molecule has 5 heteroatoms. The highest BCUT2D eigenvalue weighted by Crippen LogP contribution is 2.18. The van der Waals surface area contributed by atoms with E-state index < -0.39 is 0 Å². The Morgan fingerprint density at radius 3 is 2.65 bits per heavy atom. The van der Waals surface area contributed by atoms with Crippen molar-refractivity contribution in [2.75, 3.05) is 17.7 Å². The summed E-state index contributed by atoms with van der Waals surface area (Å²) in [5.41, 5.74) is 1.27. The van der Waals surface area contributed by atoms with Crippen molar-refractivity contribution in [3.8, 4) is 0 Å². The van der Waals surface area contributed by atoms with E-state index in [2.05, 4.69) is 20.6 Å². The number of benzene rings is 1. The monoisotopic (exact) mass is 232 g/mol. The highest BCUT2D eigenvalue weighted by molar-refractivity contribution is 5.57. The lowest BCUT2D eigenvalue weighted by Gasteiger charge is -2.07. The summed E-state index contributed by atoms with van der Waals surface area (Å²) in [6.45, 7) is 1.72. The number of hydrogen-bond acceptors (Lipinski definition) is 4. The summed E-state index contributed by atoms with van der Waals surface area (Å²) in [6.07, 6.45) is 3.19. The van der Waals surface area contributed by atoms with Gasteiger partial charge in [-0.15, -0.1) is 0 Å². The van der Waals surface area contributed by atoms with Gasteiger partial charge in [-0.05, 0) is 24.6 Å². The molecule has 88 valence electrons. The van der Waals surface area contributed by atoms with Gasteiger partial charge in [0.2, 0.25) is 0 Å². The standard InChI is InChI=1S/C12H13FN4/c1-8-3-4-9(5-10(8)13)16-12-7-15-6-11(14-2)17-12/h3-7H,1-2H3,(H2,14,16,17). The summed E-state index contributed by atoms with van der Waals surface area (Å²) < 4.78 is 13.3. The Labute approximate surface area is 98.9 Å². The molecule has 0 saturated heterocycles. The molecule has 17 heavy (non-hydrogen) atoms. The Balaban J connectivity index is 2.22. The molecule has 0 amide bonds. The Morgan fingerprint density at radius 2 is 1.94 bits per heavy atom. The first-order valence-electron chi connectivity index (χ1n) is 5.22. The van der Waals surface area contributed by atoms with Crippen LogP contribution in [-0.2, 0) is 0 Å². The first-order valence-corrected chi connectivity index (χ1v) is 5.22. The molecule has 2 N–H and O–H groups in total. The molecule has 0 aliphatic carbocycles. The summed E-state index contributed by atoms with van der Waals surface area (Å²) in [7, 11) is 1.76. The number of halogens is 1. The van der Waals surface area contributed by atoms with Crippen LogP contribution in [0.2, 0.25) is 0 Å². The maximum atomic E-state index is 13.3. The maximum absolute atomic E-state index is 13.3. The number of aromatic nitrogens is 2. The van der Waals surface area contributed by atoms with E-state index >= 15 is 0 Å². The molecule has 0 spiro atoms. The minimum Gasteiger partial charge on any atom is -0.372 e. The number of nitrogens with zero attached hydrogens (tertiary/aromatic N) is 2. The van der Waals surface area contributed by atoms with Crippen LogP contribution < -0.4 is 10.6 Å². The quantitative estimate of drug-likeness (QED) is 0.854. The third kappa shape index (κ3) is 2.69. The minimum absolute atomic E-state index is 0.243. The predicted octanol–water partition coefficient (Wildman–Crippen LogP) is 2.71. The van der Waals surface area contributed by atoms with Crippen molar-refractivity contribution < 1.29 is 4.39 Å². The maximum Gasteiger partial charge on any atom is 0.151 e. The normalized spacial score (nSPS) is 10.1. The molecule has 1 heterocycles. The molecule has 0 atom stereocenters. The SMILES string of the molecule is CNc1cncc(Nc2ccc(C)c(F)c2)n1. The molecule has 0 aliphatic heterocycles. The van der Waals surface area contributed by atoms with Crippen LogP contribution in [0.5, 0.6) is 0 Å². The molecular formula is C12H13FN4. The topological polar surface area (TPSA) is 49.8 Å². The first kappa shape index (κ1) is 11.3. The van der Waals surface area contributed by atoms with Crippen LogP contribution >= 0.6 is 0 Å². The number of anilines is 3. The summed E-state index contributed by atoms with van der Waals surface area (Å²) in [4.78, 5) is 8.24. The van der Waals surface area contributed by atoms with E-state index in [0.29, 0.717) is 22.9 Å². The fourth-order valence-corrected chi connectivity index (χ4v) is 1.37. The van der Waals surface area contributed by atoms with Crippen molar-refractivity contribution >= 4 is 17.3 Å². The lowest BCUT2D eigenvalue weighted by atomic mass is 10.2. The zero-order valence-corrected chi connectivity index (χ0v) is 9.66. The van der Waals surface area contributed by atoms with Gasteiger partial charge in [0, 0.05) is 12.7 Å². The van der Waals surface area contributed by atoms with E-state index in [0.717, 1.165) is 0 Å². The van der Waals surface area contributed by atoms with Crippen LogP contribution in [0.15, 0.2) is 30.6 Å². The van der Waals surface area contributed by atoms with Gasteiger partial charge in [0.15, 0.2) is 5.82 Å². The number of rotatable bonds is 3. The number of nitrogens with one attached hydrogen (secondary N) is 2. The smallest absolute Gasteiger partial charge is 0.151 e. The molecule has 1 aromatic carbocycles. The third-order valence-corrected chi connectivity index (χ3v) is 2.33. The van der Waals surface area contributed by atoms with Crippen LogP contribution in [-0.4, -0.2) is 17.0 Å². The van der Waals surface area contributed by atoms with Gasteiger partial charge >= 0.3 is 0 Å². The van der Waals surface area contributed by atoms with Crippen LogP contribution in [0.3, 0.4) is 0 Å². The molecule has 0 unspecified atom stereocenters. The number of hydrogen-bond donors (Lipinski definition) is 2. The van der Waals surface area contributed by atoms with Crippen molar-refractivity contribution in [2.24, 2.45) is 0 Å². The molecule has 0 saturated carbocycles.